The van der Waals surface area contributed by atoms with Gasteiger partial charge in [0.1, 0.15) is 0 Å². The van der Waals surface area contributed by atoms with Crippen molar-refractivity contribution in [1.82, 2.24) is 9.97 Å². The molecule has 0 N–H and O–H groups in total. The van der Waals surface area contributed by atoms with Crippen LogP contribution in [0.4, 0.5) is 19.1 Å². The minimum Gasteiger partial charge on any atom is -0.340 e. The molecule has 2 aromatic heterocycles. The van der Waals surface area contributed by atoms with E-state index in [1.54, 1.807) is 29.5 Å². The van der Waals surface area contributed by atoms with E-state index in [0.717, 1.165) is 11.6 Å². The summed E-state index contributed by atoms with van der Waals surface area (Å²) in [5, 5.41) is 1.80. The number of nitrogens with zero attached hydrogens (tertiary/aromatic N) is 3. The van der Waals surface area contributed by atoms with Crippen molar-refractivity contribution < 1.29 is 13.2 Å². The Morgan fingerprint density at radius 3 is 2.42 bits per heavy atom. The SMILES string of the molecule is CN(Cc1ccccc1)c1nc(-c2cccs2)cc(C(F)(F)F)n1. The lowest BCUT2D eigenvalue weighted by atomic mass is 10.2. The van der Waals surface area contributed by atoms with Crippen molar-refractivity contribution in [3.63, 3.8) is 0 Å². The van der Waals surface area contributed by atoms with Gasteiger partial charge in [-0.25, -0.2) is 9.97 Å². The molecule has 0 saturated carbocycles. The van der Waals surface area contributed by atoms with E-state index in [-0.39, 0.29) is 11.6 Å². The molecule has 0 aliphatic heterocycles. The smallest absolute Gasteiger partial charge is 0.340 e. The van der Waals surface area contributed by atoms with Gasteiger partial charge in [0.15, 0.2) is 5.69 Å². The van der Waals surface area contributed by atoms with Gasteiger partial charge < -0.3 is 4.90 Å². The van der Waals surface area contributed by atoms with Gasteiger partial charge in [-0.3, -0.25) is 0 Å². The van der Waals surface area contributed by atoms with Crippen LogP contribution in [0.5, 0.6) is 0 Å². The normalized spacial score (nSPS) is 11.5. The number of rotatable bonds is 4. The van der Waals surface area contributed by atoms with Crippen molar-refractivity contribution in [1.29, 1.82) is 0 Å². The first-order chi connectivity index (χ1) is 11.4. The standard InChI is InChI=1S/C17H14F3N3S/c1-23(11-12-6-3-2-4-7-12)16-21-13(14-8-5-9-24-14)10-15(22-16)17(18,19)20/h2-10H,11H2,1H3. The Kier molecular flexibility index (Phi) is 4.53. The minimum absolute atomic E-state index is 0.0529. The fraction of sp³-hybridized carbons (Fsp3) is 0.176. The van der Waals surface area contributed by atoms with Crippen molar-refractivity contribution >= 4 is 17.3 Å². The van der Waals surface area contributed by atoms with Gasteiger partial charge in [-0.15, -0.1) is 11.3 Å². The maximum Gasteiger partial charge on any atom is 0.433 e. The second-order valence-corrected chi connectivity index (χ2v) is 6.20. The Labute approximate surface area is 141 Å². The maximum atomic E-state index is 13.2. The number of alkyl halides is 3. The summed E-state index contributed by atoms with van der Waals surface area (Å²) < 4.78 is 39.5. The zero-order valence-corrected chi connectivity index (χ0v) is 13.6. The largest absolute Gasteiger partial charge is 0.433 e. The molecule has 124 valence electrons. The summed E-state index contributed by atoms with van der Waals surface area (Å²) >= 11 is 1.34. The molecule has 3 aromatic rings. The van der Waals surface area contributed by atoms with Gasteiger partial charge in [-0.2, -0.15) is 13.2 Å². The molecule has 3 rings (SSSR count). The first-order valence-corrected chi connectivity index (χ1v) is 8.06. The summed E-state index contributed by atoms with van der Waals surface area (Å²) in [5.74, 6) is 0.0529. The van der Waals surface area contributed by atoms with E-state index in [9.17, 15) is 13.2 Å². The Morgan fingerprint density at radius 1 is 1.04 bits per heavy atom. The Morgan fingerprint density at radius 2 is 1.79 bits per heavy atom. The molecule has 0 bridgehead atoms. The highest BCUT2D eigenvalue weighted by Gasteiger charge is 2.34. The van der Waals surface area contributed by atoms with E-state index in [1.807, 2.05) is 30.3 Å². The van der Waals surface area contributed by atoms with Gasteiger partial charge in [-0.05, 0) is 23.1 Å². The van der Waals surface area contributed by atoms with Crippen molar-refractivity contribution in [2.75, 3.05) is 11.9 Å². The number of hydrogen-bond acceptors (Lipinski definition) is 4. The van der Waals surface area contributed by atoms with Gasteiger partial charge in [0.05, 0.1) is 10.6 Å². The summed E-state index contributed by atoms with van der Waals surface area (Å²) in [5.41, 5.74) is 0.316. The average molecular weight is 349 g/mol. The van der Waals surface area contributed by atoms with Crippen LogP contribution < -0.4 is 4.90 Å². The van der Waals surface area contributed by atoms with Gasteiger partial charge in [0.2, 0.25) is 5.95 Å². The highest BCUT2D eigenvalue weighted by atomic mass is 32.1. The molecule has 0 saturated heterocycles. The first kappa shape index (κ1) is 16.4. The molecule has 1 aromatic carbocycles. The molecule has 0 spiro atoms. The summed E-state index contributed by atoms with van der Waals surface area (Å²) in [6, 6.07) is 14.0. The van der Waals surface area contributed by atoms with Crippen LogP contribution in [0.15, 0.2) is 53.9 Å². The molecule has 7 heteroatoms. The number of halogens is 3. The lowest BCUT2D eigenvalue weighted by molar-refractivity contribution is -0.141. The molecule has 0 aliphatic rings. The van der Waals surface area contributed by atoms with E-state index in [1.165, 1.54) is 11.3 Å². The van der Waals surface area contributed by atoms with Crippen LogP contribution in [0.3, 0.4) is 0 Å². The molecular formula is C17H14F3N3S. The van der Waals surface area contributed by atoms with Crippen molar-refractivity contribution in [2.45, 2.75) is 12.7 Å². The molecule has 0 radical (unpaired) electrons. The van der Waals surface area contributed by atoms with Gasteiger partial charge in [0.25, 0.3) is 0 Å². The van der Waals surface area contributed by atoms with Crippen LogP contribution in [0.25, 0.3) is 10.6 Å². The highest BCUT2D eigenvalue weighted by molar-refractivity contribution is 7.13. The summed E-state index contributed by atoms with van der Waals surface area (Å²) in [6.07, 6.45) is -4.52. The Balaban J connectivity index is 1.98. The molecule has 0 aliphatic carbocycles. The number of thiophene rings is 1. The molecule has 24 heavy (non-hydrogen) atoms. The Hall–Kier alpha value is -2.41. The highest BCUT2D eigenvalue weighted by Crippen LogP contribution is 2.33. The van der Waals surface area contributed by atoms with Crippen LogP contribution >= 0.6 is 11.3 Å². The van der Waals surface area contributed by atoms with Crippen molar-refractivity contribution in [3.05, 3.63) is 65.2 Å². The summed E-state index contributed by atoms with van der Waals surface area (Å²) in [4.78, 5) is 10.3. The van der Waals surface area contributed by atoms with E-state index in [4.69, 9.17) is 0 Å². The van der Waals surface area contributed by atoms with E-state index < -0.39 is 11.9 Å². The predicted octanol–water partition coefficient (Wildman–Crippen LogP) is 4.86. The van der Waals surface area contributed by atoms with E-state index >= 15 is 0 Å². The fourth-order valence-electron chi connectivity index (χ4n) is 2.23. The molecular weight excluding hydrogens is 335 g/mol. The first-order valence-electron chi connectivity index (χ1n) is 7.19. The third kappa shape index (κ3) is 3.73. The summed E-state index contributed by atoms with van der Waals surface area (Å²) in [6.45, 7) is 0.423. The topological polar surface area (TPSA) is 29.0 Å². The monoisotopic (exact) mass is 349 g/mol. The molecule has 0 unspecified atom stereocenters. The molecule has 3 nitrogen and oxygen atoms in total. The molecule has 2 heterocycles. The Bertz CT molecular complexity index is 802. The number of aromatic nitrogens is 2. The predicted molar refractivity (Wildman–Crippen MR) is 88.9 cm³/mol. The van der Waals surface area contributed by atoms with Crippen molar-refractivity contribution in [2.24, 2.45) is 0 Å². The minimum atomic E-state index is -4.52. The maximum absolute atomic E-state index is 13.2. The summed E-state index contributed by atoms with van der Waals surface area (Å²) in [7, 11) is 1.68. The number of hydrogen-bond donors (Lipinski definition) is 0. The molecule has 0 amide bonds. The zero-order valence-electron chi connectivity index (χ0n) is 12.8. The number of anilines is 1. The van der Waals surface area contributed by atoms with E-state index in [0.29, 0.717) is 11.4 Å². The van der Waals surface area contributed by atoms with Gasteiger partial charge in [0, 0.05) is 13.6 Å². The van der Waals surface area contributed by atoms with E-state index in [2.05, 4.69) is 9.97 Å². The molecule has 0 atom stereocenters. The third-order valence-electron chi connectivity index (χ3n) is 3.38. The van der Waals surface area contributed by atoms with Crippen LogP contribution in [0.2, 0.25) is 0 Å². The fourth-order valence-corrected chi connectivity index (χ4v) is 2.92. The zero-order chi connectivity index (χ0) is 17.2. The second-order valence-electron chi connectivity index (χ2n) is 5.26. The van der Waals surface area contributed by atoms with Gasteiger partial charge >= 0.3 is 6.18 Å². The van der Waals surface area contributed by atoms with Crippen LogP contribution in [0.1, 0.15) is 11.3 Å². The lowest BCUT2D eigenvalue weighted by Crippen LogP contribution is -2.21. The van der Waals surface area contributed by atoms with Crippen LogP contribution in [-0.2, 0) is 12.7 Å². The number of benzene rings is 1. The third-order valence-corrected chi connectivity index (χ3v) is 4.27. The van der Waals surface area contributed by atoms with Gasteiger partial charge in [-0.1, -0.05) is 36.4 Å². The van der Waals surface area contributed by atoms with Crippen LogP contribution in [-0.4, -0.2) is 17.0 Å². The van der Waals surface area contributed by atoms with Crippen molar-refractivity contribution in [3.8, 4) is 10.6 Å². The van der Waals surface area contributed by atoms with Crippen LogP contribution in [0, 0.1) is 0 Å². The quantitative estimate of drug-likeness (QED) is 0.673. The lowest BCUT2D eigenvalue weighted by Gasteiger charge is -2.19. The average Bonchev–Trinajstić information content (AvgIpc) is 3.09. The molecule has 0 fully saturated rings. The second kappa shape index (κ2) is 6.60.